The zero-order valence-corrected chi connectivity index (χ0v) is 11.9. The first-order valence-corrected chi connectivity index (χ1v) is 7.05. The Morgan fingerprint density at radius 2 is 2.19 bits per heavy atom. The Morgan fingerprint density at radius 1 is 1.38 bits per heavy atom. The summed E-state index contributed by atoms with van der Waals surface area (Å²) in [6, 6.07) is 6.25. The molecule has 1 heterocycles. The topological polar surface area (TPSA) is 68.0 Å². The van der Waals surface area contributed by atoms with Crippen LogP contribution in [0.25, 0.3) is 11.4 Å². The van der Waals surface area contributed by atoms with E-state index in [1.165, 1.54) is 6.07 Å². The molecule has 0 saturated carbocycles. The zero-order valence-electron chi connectivity index (χ0n) is 11.9. The van der Waals surface area contributed by atoms with Crippen molar-refractivity contribution in [2.75, 3.05) is 6.54 Å². The van der Waals surface area contributed by atoms with Gasteiger partial charge in [0.25, 0.3) is 0 Å². The van der Waals surface area contributed by atoms with Gasteiger partial charge in [-0.3, -0.25) is 4.79 Å². The van der Waals surface area contributed by atoms with E-state index in [0.717, 1.165) is 12.8 Å². The minimum absolute atomic E-state index is 0.0192. The molecule has 0 unspecified atom stereocenters. The molecule has 1 aromatic heterocycles. The van der Waals surface area contributed by atoms with Crippen molar-refractivity contribution >= 4 is 5.91 Å². The average Bonchev–Trinajstić information content (AvgIpc) is 2.94. The zero-order chi connectivity index (χ0) is 15.1. The van der Waals surface area contributed by atoms with Gasteiger partial charge in [0.05, 0.1) is 5.56 Å². The fourth-order valence-electron chi connectivity index (χ4n) is 1.84. The minimum atomic E-state index is -0.391. The predicted octanol–water partition coefficient (Wildman–Crippen LogP) is 2.72. The fourth-order valence-corrected chi connectivity index (χ4v) is 1.84. The van der Waals surface area contributed by atoms with E-state index in [4.69, 9.17) is 4.52 Å². The molecular formula is C15H18FN3O2. The highest BCUT2D eigenvalue weighted by atomic mass is 19.1. The molecule has 21 heavy (non-hydrogen) atoms. The third-order valence-corrected chi connectivity index (χ3v) is 3.00. The maximum Gasteiger partial charge on any atom is 0.228 e. The van der Waals surface area contributed by atoms with E-state index in [9.17, 15) is 9.18 Å². The molecule has 0 spiro atoms. The number of rotatable bonds is 7. The summed E-state index contributed by atoms with van der Waals surface area (Å²) < 4.78 is 18.6. The Hall–Kier alpha value is -2.24. The van der Waals surface area contributed by atoms with Crippen LogP contribution in [0.1, 0.15) is 32.1 Å². The van der Waals surface area contributed by atoms with Gasteiger partial charge in [0, 0.05) is 19.4 Å². The van der Waals surface area contributed by atoms with E-state index >= 15 is 0 Å². The molecule has 0 saturated heterocycles. The lowest BCUT2D eigenvalue weighted by Gasteiger charge is -2.01. The minimum Gasteiger partial charge on any atom is -0.356 e. The molecule has 2 rings (SSSR count). The van der Waals surface area contributed by atoms with Crippen LogP contribution in [0.5, 0.6) is 0 Å². The SMILES string of the molecule is CCCCC(=O)NCCc1nc(-c2ccccc2F)no1. The second-order valence-corrected chi connectivity index (χ2v) is 4.70. The van der Waals surface area contributed by atoms with Gasteiger partial charge < -0.3 is 9.84 Å². The molecule has 112 valence electrons. The molecular weight excluding hydrogens is 273 g/mol. The molecule has 6 heteroatoms. The largest absolute Gasteiger partial charge is 0.356 e. The second kappa shape index (κ2) is 7.52. The van der Waals surface area contributed by atoms with Crippen molar-refractivity contribution in [2.24, 2.45) is 0 Å². The van der Waals surface area contributed by atoms with Gasteiger partial charge in [-0.15, -0.1) is 0 Å². The molecule has 5 nitrogen and oxygen atoms in total. The van der Waals surface area contributed by atoms with Gasteiger partial charge in [0.15, 0.2) is 0 Å². The van der Waals surface area contributed by atoms with Crippen molar-refractivity contribution in [3.05, 3.63) is 36.0 Å². The van der Waals surface area contributed by atoms with Crippen LogP contribution >= 0.6 is 0 Å². The number of unbranched alkanes of at least 4 members (excludes halogenated alkanes) is 1. The maximum absolute atomic E-state index is 13.6. The molecule has 0 radical (unpaired) electrons. The second-order valence-electron chi connectivity index (χ2n) is 4.70. The first kappa shape index (κ1) is 15.2. The van der Waals surface area contributed by atoms with Crippen LogP contribution in [-0.4, -0.2) is 22.6 Å². The van der Waals surface area contributed by atoms with Crippen molar-refractivity contribution in [2.45, 2.75) is 32.6 Å². The third-order valence-electron chi connectivity index (χ3n) is 3.00. The quantitative estimate of drug-likeness (QED) is 0.851. The van der Waals surface area contributed by atoms with Gasteiger partial charge in [-0.2, -0.15) is 4.98 Å². The smallest absolute Gasteiger partial charge is 0.228 e. The molecule has 0 bridgehead atoms. The van der Waals surface area contributed by atoms with Crippen LogP contribution in [0, 0.1) is 5.82 Å². The summed E-state index contributed by atoms with van der Waals surface area (Å²) in [5.41, 5.74) is 0.305. The number of aromatic nitrogens is 2. The lowest BCUT2D eigenvalue weighted by atomic mass is 10.2. The van der Waals surface area contributed by atoms with Gasteiger partial charge in [-0.1, -0.05) is 30.6 Å². The molecule has 0 atom stereocenters. The van der Waals surface area contributed by atoms with Gasteiger partial charge in [0.1, 0.15) is 5.82 Å². The summed E-state index contributed by atoms with van der Waals surface area (Å²) in [6.07, 6.45) is 2.83. The summed E-state index contributed by atoms with van der Waals surface area (Å²) >= 11 is 0. The van der Waals surface area contributed by atoms with Crippen LogP contribution in [0.15, 0.2) is 28.8 Å². The summed E-state index contributed by atoms with van der Waals surface area (Å²) in [5, 5.41) is 6.54. The molecule has 1 amide bonds. The molecule has 1 N–H and O–H groups in total. The number of hydrogen-bond donors (Lipinski definition) is 1. The molecule has 2 aromatic rings. The van der Waals surface area contributed by atoms with Crippen LogP contribution in [0.3, 0.4) is 0 Å². The highest BCUT2D eigenvalue weighted by Gasteiger charge is 2.12. The Labute approximate surface area is 122 Å². The molecule has 0 fully saturated rings. The number of amides is 1. The Bertz CT molecular complexity index is 598. The molecule has 0 aliphatic heterocycles. The van der Waals surface area contributed by atoms with E-state index in [-0.39, 0.29) is 11.7 Å². The summed E-state index contributed by atoms with van der Waals surface area (Å²) in [7, 11) is 0. The van der Waals surface area contributed by atoms with Crippen molar-refractivity contribution in [1.82, 2.24) is 15.5 Å². The Morgan fingerprint density at radius 3 is 2.95 bits per heavy atom. The van der Waals surface area contributed by atoms with E-state index in [0.29, 0.717) is 30.8 Å². The fraction of sp³-hybridized carbons (Fsp3) is 0.400. The number of halogens is 1. The molecule has 0 aliphatic carbocycles. The maximum atomic E-state index is 13.6. The molecule has 1 aromatic carbocycles. The van der Waals surface area contributed by atoms with Crippen molar-refractivity contribution < 1.29 is 13.7 Å². The van der Waals surface area contributed by atoms with Crippen molar-refractivity contribution in [3.63, 3.8) is 0 Å². The highest BCUT2D eigenvalue weighted by molar-refractivity contribution is 5.75. The van der Waals surface area contributed by atoms with Gasteiger partial charge in [-0.05, 0) is 18.6 Å². The van der Waals surface area contributed by atoms with E-state index in [1.807, 2.05) is 6.92 Å². The number of benzene rings is 1. The third kappa shape index (κ3) is 4.37. The van der Waals surface area contributed by atoms with Crippen LogP contribution in [0.2, 0.25) is 0 Å². The average molecular weight is 291 g/mol. The number of carbonyl (C=O) groups is 1. The van der Waals surface area contributed by atoms with E-state index in [2.05, 4.69) is 15.5 Å². The highest BCUT2D eigenvalue weighted by Crippen LogP contribution is 2.19. The Kier molecular flexibility index (Phi) is 5.43. The van der Waals surface area contributed by atoms with Crippen LogP contribution in [0.4, 0.5) is 4.39 Å². The first-order chi connectivity index (χ1) is 10.2. The first-order valence-electron chi connectivity index (χ1n) is 7.05. The van der Waals surface area contributed by atoms with E-state index < -0.39 is 5.82 Å². The number of nitrogens with zero attached hydrogens (tertiary/aromatic N) is 2. The van der Waals surface area contributed by atoms with Crippen molar-refractivity contribution in [1.29, 1.82) is 0 Å². The number of hydrogen-bond acceptors (Lipinski definition) is 4. The predicted molar refractivity (Wildman–Crippen MR) is 75.9 cm³/mol. The van der Waals surface area contributed by atoms with Crippen LogP contribution < -0.4 is 5.32 Å². The molecule has 0 aliphatic rings. The lowest BCUT2D eigenvalue weighted by Crippen LogP contribution is -2.25. The van der Waals surface area contributed by atoms with Crippen LogP contribution in [-0.2, 0) is 11.2 Å². The van der Waals surface area contributed by atoms with Gasteiger partial charge >= 0.3 is 0 Å². The normalized spacial score (nSPS) is 10.6. The standard InChI is InChI=1S/C15H18FN3O2/c1-2-3-8-13(20)17-10-9-14-18-15(19-21-14)11-6-4-5-7-12(11)16/h4-7H,2-3,8-10H2,1H3,(H,17,20). The van der Waals surface area contributed by atoms with Gasteiger partial charge in [0.2, 0.25) is 17.6 Å². The summed E-state index contributed by atoms with van der Waals surface area (Å²) in [6.45, 7) is 2.47. The lowest BCUT2D eigenvalue weighted by molar-refractivity contribution is -0.121. The van der Waals surface area contributed by atoms with E-state index in [1.54, 1.807) is 18.2 Å². The van der Waals surface area contributed by atoms with Crippen molar-refractivity contribution in [3.8, 4) is 11.4 Å². The Balaban J connectivity index is 1.87. The summed E-state index contributed by atoms with van der Waals surface area (Å²) in [5.74, 6) is 0.230. The monoisotopic (exact) mass is 291 g/mol. The number of nitrogens with one attached hydrogen (secondary N) is 1. The summed E-state index contributed by atoms with van der Waals surface area (Å²) in [4.78, 5) is 15.6. The number of carbonyl (C=O) groups excluding carboxylic acids is 1. The van der Waals surface area contributed by atoms with Gasteiger partial charge in [-0.25, -0.2) is 4.39 Å².